The number of pyridine rings is 1. The van der Waals surface area contributed by atoms with Gasteiger partial charge in [0.1, 0.15) is 5.82 Å². The Morgan fingerprint density at radius 2 is 1.49 bits per heavy atom. The van der Waals surface area contributed by atoms with Crippen molar-refractivity contribution in [3.8, 4) is 0 Å². The highest BCUT2D eigenvalue weighted by Gasteiger charge is 2.18. The molecule has 3 heteroatoms. The standard InChI is InChI=1S/C16H22.C10H14FN.C7H16.C2H6.C2H4.CH5N/c1-7-12(3)14-10-9-13(4)15(11-14)16(5,6)8-2;1-7(2)4-9-5-8(3)10(11)6-12-9;1-3-5-7-6-4-2;3*1-2/h7-11H,2H2,1,3-6H3;5-7H,4H2,1-3H3;3-7H2,1-2H3;1-2H3;1-2H2;2H2,1H3. The highest BCUT2D eigenvalue weighted by molar-refractivity contribution is 5.65. The normalized spacial score (nSPS) is 10.1. The highest BCUT2D eigenvalue weighted by Crippen LogP contribution is 2.29. The lowest BCUT2D eigenvalue weighted by atomic mass is 9.81. The molecule has 0 atom stereocenters. The van der Waals surface area contributed by atoms with Crippen LogP contribution in [0.25, 0.3) is 5.57 Å². The van der Waals surface area contributed by atoms with Gasteiger partial charge >= 0.3 is 0 Å². The largest absolute Gasteiger partial charge is 0.333 e. The summed E-state index contributed by atoms with van der Waals surface area (Å²) in [5.74, 6) is 0.352. The van der Waals surface area contributed by atoms with E-state index in [9.17, 15) is 4.39 Å². The van der Waals surface area contributed by atoms with E-state index < -0.39 is 0 Å². The van der Waals surface area contributed by atoms with Gasteiger partial charge in [-0.1, -0.05) is 118 Å². The molecule has 236 valence electrons. The zero-order valence-corrected chi connectivity index (χ0v) is 29.4. The Kier molecular flexibility index (Phi) is 32.1. The van der Waals surface area contributed by atoms with Crippen LogP contribution in [0.15, 0.2) is 62.4 Å². The van der Waals surface area contributed by atoms with Crippen LogP contribution in [0.3, 0.4) is 0 Å². The van der Waals surface area contributed by atoms with Crippen LogP contribution in [0, 0.1) is 25.6 Å². The first-order valence-corrected chi connectivity index (χ1v) is 15.5. The summed E-state index contributed by atoms with van der Waals surface area (Å²) >= 11 is 0. The Hall–Kier alpha value is -2.52. The molecule has 0 spiro atoms. The summed E-state index contributed by atoms with van der Waals surface area (Å²) in [7, 11) is 1.50. The molecule has 2 rings (SSSR count). The predicted molar refractivity (Wildman–Crippen MR) is 188 cm³/mol. The molecule has 0 radical (unpaired) electrons. The van der Waals surface area contributed by atoms with Crippen LogP contribution >= 0.6 is 0 Å². The number of nitrogens with two attached hydrogens (primary N) is 1. The third-order valence-corrected chi connectivity index (χ3v) is 6.26. The monoisotopic (exact) mass is 571 g/mol. The number of hydrogen-bond acceptors (Lipinski definition) is 2. The Morgan fingerprint density at radius 1 is 0.976 bits per heavy atom. The van der Waals surface area contributed by atoms with Gasteiger partial charge in [-0.05, 0) is 81.0 Å². The summed E-state index contributed by atoms with van der Waals surface area (Å²) in [4.78, 5) is 4.00. The number of unbranched alkanes of at least 4 members (excludes halogenated alkanes) is 4. The van der Waals surface area contributed by atoms with E-state index in [0.29, 0.717) is 11.5 Å². The van der Waals surface area contributed by atoms with Gasteiger partial charge in [-0.25, -0.2) is 4.39 Å². The number of benzene rings is 1. The first kappa shape index (κ1) is 45.5. The minimum absolute atomic E-state index is 0.0358. The average Bonchev–Trinajstić information content (AvgIpc) is 2.98. The zero-order valence-electron chi connectivity index (χ0n) is 29.4. The van der Waals surface area contributed by atoms with Crippen molar-refractivity contribution >= 4 is 5.57 Å². The van der Waals surface area contributed by atoms with Crippen molar-refractivity contribution in [2.75, 3.05) is 7.05 Å². The van der Waals surface area contributed by atoms with Crippen molar-refractivity contribution in [1.29, 1.82) is 0 Å². The van der Waals surface area contributed by atoms with Gasteiger partial charge in [0.05, 0.1) is 6.20 Å². The second-order valence-electron chi connectivity index (χ2n) is 10.5. The van der Waals surface area contributed by atoms with Crippen LogP contribution in [0.1, 0.15) is 129 Å². The highest BCUT2D eigenvalue weighted by atomic mass is 19.1. The molecule has 0 fully saturated rings. The third kappa shape index (κ3) is 21.8. The summed E-state index contributed by atoms with van der Waals surface area (Å²) in [6.45, 7) is 35.2. The first-order valence-electron chi connectivity index (χ1n) is 15.5. The molecular weight excluding hydrogens is 503 g/mol. The summed E-state index contributed by atoms with van der Waals surface area (Å²) in [6.07, 6.45) is 13.4. The lowest BCUT2D eigenvalue weighted by Crippen LogP contribution is -2.15. The van der Waals surface area contributed by atoms with E-state index in [-0.39, 0.29) is 11.2 Å². The molecule has 2 aromatic rings. The number of hydrogen-bond donors (Lipinski definition) is 1. The van der Waals surface area contributed by atoms with E-state index in [2.05, 4.69) is 117 Å². The van der Waals surface area contributed by atoms with Gasteiger partial charge in [-0.3, -0.25) is 4.98 Å². The fraction of sp³-hybridized carbons (Fsp3) is 0.553. The molecule has 0 saturated heterocycles. The fourth-order valence-electron chi connectivity index (χ4n) is 3.64. The smallest absolute Gasteiger partial charge is 0.144 e. The Labute approximate surface area is 256 Å². The first-order chi connectivity index (χ1) is 19.4. The predicted octanol–water partition coefficient (Wildman–Crippen LogP) is 12.0. The number of aromatic nitrogens is 1. The Bertz CT molecular complexity index is 922. The molecule has 1 aromatic carbocycles. The minimum atomic E-state index is -0.220. The van der Waals surface area contributed by atoms with E-state index in [4.69, 9.17) is 0 Å². The van der Waals surface area contributed by atoms with Gasteiger partial charge in [0.25, 0.3) is 0 Å². The SMILES string of the molecule is C=C.C=CC(C)(C)c1cc(C(C)=CC)ccc1C.CC.CCCCCCC.CN.Cc1cc(CC(C)C)ncc1F. The third-order valence-electron chi connectivity index (χ3n) is 6.26. The molecule has 41 heavy (non-hydrogen) atoms. The van der Waals surface area contributed by atoms with E-state index in [1.807, 2.05) is 26.0 Å². The number of halogens is 1. The van der Waals surface area contributed by atoms with Gasteiger partial charge in [0, 0.05) is 11.1 Å². The average molecular weight is 571 g/mol. The van der Waals surface area contributed by atoms with Crippen LogP contribution in [0.5, 0.6) is 0 Å². The van der Waals surface area contributed by atoms with Gasteiger partial charge < -0.3 is 5.73 Å². The van der Waals surface area contributed by atoms with Crippen LogP contribution in [-0.4, -0.2) is 12.0 Å². The van der Waals surface area contributed by atoms with Crippen LogP contribution < -0.4 is 5.73 Å². The van der Waals surface area contributed by atoms with Crippen LogP contribution in [0.4, 0.5) is 4.39 Å². The van der Waals surface area contributed by atoms with Crippen molar-refractivity contribution in [2.24, 2.45) is 11.7 Å². The molecule has 0 amide bonds. The molecule has 0 saturated carbocycles. The maximum absolute atomic E-state index is 12.8. The molecule has 0 aliphatic rings. The molecule has 0 aliphatic carbocycles. The van der Waals surface area contributed by atoms with Crippen molar-refractivity contribution in [2.45, 2.75) is 127 Å². The molecule has 2 N–H and O–H groups in total. The van der Waals surface area contributed by atoms with Crippen molar-refractivity contribution in [3.05, 3.63) is 96.1 Å². The van der Waals surface area contributed by atoms with Gasteiger partial charge in [-0.2, -0.15) is 0 Å². The molecule has 0 unspecified atom stereocenters. The fourth-order valence-corrected chi connectivity index (χ4v) is 3.64. The Morgan fingerprint density at radius 3 is 1.88 bits per heavy atom. The van der Waals surface area contributed by atoms with Crippen molar-refractivity contribution < 1.29 is 4.39 Å². The zero-order chi connectivity index (χ0) is 33.0. The number of nitrogens with zero attached hydrogens (tertiary/aromatic N) is 1. The summed E-state index contributed by atoms with van der Waals surface area (Å²) in [6, 6.07) is 8.48. The van der Waals surface area contributed by atoms with E-state index in [0.717, 1.165) is 12.1 Å². The molecule has 1 heterocycles. The number of rotatable bonds is 9. The summed E-state index contributed by atoms with van der Waals surface area (Å²) in [5, 5.41) is 0. The van der Waals surface area contributed by atoms with Crippen LogP contribution in [-0.2, 0) is 11.8 Å². The minimum Gasteiger partial charge on any atom is -0.333 e. The molecule has 0 aliphatic heterocycles. The summed E-state index contributed by atoms with van der Waals surface area (Å²) in [5.41, 5.74) is 11.5. The van der Waals surface area contributed by atoms with Crippen molar-refractivity contribution in [3.63, 3.8) is 0 Å². The molecule has 1 aromatic heterocycles. The molecular formula is C38H67FN2. The lowest BCUT2D eigenvalue weighted by molar-refractivity contribution is 0.598. The summed E-state index contributed by atoms with van der Waals surface area (Å²) < 4.78 is 12.8. The van der Waals surface area contributed by atoms with Gasteiger partial charge in [0.2, 0.25) is 0 Å². The Balaban J connectivity index is -0.000000242. The van der Waals surface area contributed by atoms with Gasteiger partial charge in [0.15, 0.2) is 0 Å². The number of allylic oxidation sites excluding steroid dienone is 3. The molecule has 0 bridgehead atoms. The van der Waals surface area contributed by atoms with E-state index >= 15 is 0 Å². The quantitative estimate of drug-likeness (QED) is 0.240. The van der Waals surface area contributed by atoms with Crippen LogP contribution in [0.2, 0.25) is 0 Å². The maximum atomic E-state index is 12.8. The van der Waals surface area contributed by atoms with E-state index in [1.165, 1.54) is 67.6 Å². The lowest BCUT2D eigenvalue weighted by Gasteiger charge is -2.23. The second kappa shape index (κ2) is 29.0. The topological polar surface area (TPSA) is 38.9 Å². The maximum Gasteiger partial charge on any atom is 0.144 e. The second-order valence-corrected chi connectivity index (χ2v) is 10.5. The molecule has 2 nitrogen and oxygen atoms in total. The number of aryl methyl sites for hydroxylation is 2. The van der Waals surface area contributed by atoms with Gasteiger partial charge in [-0.15, -0.1) is 19.7 Å². The van der Waals surface area contributed by atoms with E-state index in [1.54, 1.807) is 6.92 Å². The van der Waals surface area contributed by atoms with Crippen molar-refractivity contribution in [1.82, 2.24) is 4.98 Å².